The van der Waals surface area contributed by atoms with Gasteiger partial charge in [0, 0.05) is 6.07 Å². The fourth-order valence-electron chi connectivity index (χ4n) is 2.81. The zero-order valence-electron chi connectivity index (χ0n) is 15.6. The maximum Gasteiger partial charge on any atom is 0.264 e. The molecule has 4 rings (SSSR count). The van der Waals surface area contributed by atoms with E-state index in [-0.39, 0.29) is 13.4 Å². The number of aromatic nitrogens is 2. The molecule has 146 valence electrons. The number of benzene rings is 2. The summed E-state index contributed by atoms with van der Waals surface area (Å²) in [7, 11) is 4.62. The van der Waals surface area contributed by atoms with Gasteiger partial charge in [-0.25, -0.2) is 0 Å². The van der Waals surface area contributed by atoms with E-state index >= 15 is 0 Å². The number of fused-ring (bicyclic) bond motifs is 1. The van der Waals surface area contributed by atoms with Crippen LogP contribution in [0.25, 0.3) is 11.4 Å². The number of hydrogen-bond donors (Lipinski definition) is 0. The van der Waals surface area contributed by atoms with Gasteiger partial charge in [-0.1, -0.05) is 5.16 Å². The molecule has 3 aromatic rings. The largest absolute Gasteiger partial charge is 0.493 e. The van der Waals surface area contributed by atoms with Crippen LogP contribution in [0.15, 0.2) is 34.9 Å². The van der Waals surface area contributed by atoms with Gasteiger partial charge in [0.1, 0.15) is 5.75 Å². The van der Waals surface area contributed by atoms with E-state index in [9.17, 15) is 0 Å². The summed E-state index contributed by atoms with van der Waals surface area (Å²) in [6.45, 7) is 0.307. The second-order valence-electron chi connectivity index (χ2n) is 5.70. The summed E-state index contributed by atoms with van der Waals surface area (Å²) in [4.78, 5) is 4.37. The average Bonchev–Trinajstić information content (AvgIpc) is 3.39. The van der Waals surface area contributed by atoms with Crippen molar-refractivity contribution in [2.75, 3.05) is 28.1 Å². The van der Waals surface area contributed by atoms with Crippen LogP contribution in [-0.2, 0) is 6.61 Å². The standard InChI is InChI=1S/C19H18N2O7/c1-22-14-7-5-12(17(23-2)18(14)24-3)19-20-16(28-21-19)9-25-11-4-6-13-15(8-11)27-10-26-13/h4-8H,9-10H2,1-3H3. The van der Waals surface area contributed by atoms with Gasteiger partial charge in [-0.2, -0.15) is 4.98 Å². The average molecular weight is 386 g/mol. The molecule has 2 aromatic carbocycles. The molecule has 0 saturated heterocycles. The molecular formula is C19H18N2O7. The highest BCUT2D eigenvalue weighted by Crippen LogP contribution is 2.43. The topological polar surface area (TPSA) is 94.3 Å². The van der Waals surface area contributed by atoms with Crippen molar-refractivity contribution < 1.29 is 32.9 Å². The van der Waals surface area contributed by atoms with Gasteiger partial charge < -0.3 is 32.9 Å². The number of nitrogens with zero attached hydrogens (tertiary/aromatic N) is 2. The molecule has 0 fully saturated rings. The quantitative estimate of drug-likeness (QED) is 0.607. The molecule has 0 bridgehead atoms. The van der Waals surface area contributed by atoms with E-state index in [0.29, 0.717) is 51.8 Å². The van der Waals surface area contributed by atoms with Gasteiger partial charge in [-0.3, -0.25) is 0 Å². The van der Waals surface area contributed by atoms with Crippen molar-refractivity contribution in [3.8, 4) is 45.9 Å². The Morgan fingerprint density at radius 1 is 0.929 bits per heavy atom. The molecule has 0 aliphatic carbocycles. The van der Waals surface area contributed by atoms with Crippen LogP contribution in [0.2, 0.25) is 0 Å². The molecule has 9 heteroatoms. The minimum atomic E-state index is 0.0995. The molecule has 1 aliphatic rings. The Bertz CT molecular complexity index is 986. The van der Waals surface area contributed by atoms with Crippen LogP contribution in [0, 0.1) is 0 Å². The normalized spacial score (nSPS) is 12.0. The van der Waals surface area contributed by atoms with Crippen LogP contribution < -0.4 is 28.4 Å². The summed E-state index contributed by atoms with van der Waals surface area (Å²) >= 11 is 0. The number of hydrogen-bond acceptors (Lipinski definition) is 9. The fourth-order valence-corrected chi connectivity index (χ4v) is 2.81. The van der Waals surface area contributed by atoms with Gasteiger partial charge in [-0.15, -0.1) is 0 Å². The summed E-state index contributed by atoms with van der Waals surface area (Å²) in [6, 6.07) is 8.83. The summed E-state index contributed by atoms with van der Waals surface area (Å²) in [5.41, 5.74) is 0.609. The van der Waals surface area contributed by atoms with Crippen molar-refractivity contribution >= 4 is 0 Å². The van der Waals surface area contributed by atoms with E-state index in [1.54, 1.807) is 37.4 Å². The van der Waals surface area contributed by atoms with E-state index < -0.39 is 0 Å². The minimum absolute atomic E-state index is 0.0995. The molecule has 0 unspecified atom stereocenters. The molecular weight excluding hydrogens is 368 g/mol. The van der Waals surface area contributed by atoms with E-state index in [4.69, 9.17) is 32.9 Å². The lowest BCUT2D eigenvalue weighted by Gasteiger charge is -2.13. The lowest BCUT2D eigenvalue weighted by molar-refractivity contribution is 0.173. The maximum absolute atomic E-state index is 5.70. The molecule has 0 N–H and O–H groups in total. The number of methoxy groups -OCH3 is 3. The van der Waals surface area contributed by atoms with Crippen LogP contribution in [0.4, 0.5) is 0 Å². The van der Waals surface area contributed by atoms with Crippen molar-refractivity contribution in [1.82, 2.24) is 10.1 Å². The highest BCUT2D eigenvalue weighted by molar-refractivity contribution is 5.72. The first-order valence-corrected chi connectivity index (χ1v) is 8.38. The van der Waals surface area contributed by atoms with E-state index in [1.807, 2.05) is 0 Å². The summed E-state index contributed by atoms with van der Waals surface area (Å²) in [5, 5.41) is 4.01. The highest BCUT2D eigenvalue weighted by Gasteiger charge is 2.21. The SMILES string of the molecule is COc1ccc(-c2noc(COc3ccc4c(c3)OCO4)n2)c(OC)c1OC. The van der Waals surface area contributed by atoms with Gasteiger partial charge in [0.2, 0.25) is 18.4 Å². The summed E-state index contributed by atoms with van der Waals surface area (Å²) < 4.78 is 37.7. The van der Waals surface area contributed by atoms with Crippen LogP contribution >= 0.6 is 0 Å². The number of rotatable bonds is 7. The van der Waals surface area contributed by atoms with E-state index in [2.05, 4.69) is 10.1 Å². The van der Waals surface area contributed by atoms with Crippen LogP contribution in [-0.4, -0.2) is 38.3 Å². The first-order valence-electron chi connectivity index (χ1n) is 8.38. The molecule has 0 atom stereocenters. The third-order valence-corrected chi connectivity index (χ3v) is 4.12. The first-order chi connectivity index (χ1) is 13.7. The van der Waals surface area contributed by atoms with Crippen molar-refractivity contribution in [3.05, 3.63) is 36.2 Å². The van der Waals surface area contributed by atoms with Crippen molar-refractivity contribution in [1.29, 1.82) is 0 Å². The van der Waals surface area contributed by atoms with Crippen molar-refractivity contribution in [2.45, 2.75) is 6.61 Å². The van der Waals surface area contributed by atoms with E-state index in [0.717, 1.165) is 0 Å². The highest BCUT2D eigenvalue weighted by atomic mass is 16.7. The van der Waals surface area contributed by atoms with Gasteiger partial charge in [0.05, 0.1) is 26.9 Å². The zero-order valence-corrected chi connectivity index (χ0v) is 15.6. The van der Waals surface area contributed by atoms with Crippen LogP contribution in [0.1, 0.15) is 5.89 Å². The van der Waals surface area contributed by atoms with Gasteiger partial charge in [0.25, 0.3) is 5.89 Å². The van der Waals surface area contributed by atoms with Crippen LogP contribution in [0.3, 0.4) is 0 Å². The second kappa shape index (κ2) is 7.55. The fraction of sp³-hybridized carbons (Fsp3) is 0.263. The first kappa shape index (κ1) is 17.8. The maximum atomic E-state index is 5.70. The molecule has 1 aromatic heterocycles. The molecule has 1 aliphatic heterocycles. The zero-order chi connectivity index (χ0) is 19.5. The van der Waals surface area contributed by atoms with Crippen molar-refractivity contribution in [2.24, 2.45) is 0 Å². The number of ether oxygens (including phenoxy) is 6. The molecule has 0 amide bonds. The molecule has 0 radical (unpaired) electrons. The van der Waals surface area contributed by atoms with E-state index in [1.165, 1.54) is 14.2 Å². The third-order valence-electron chi connectivity index (χ3n) is 4.12. The monoisotopic (exact) mass is 386 g/mol. The van der Waals surface area contributed by atoms with Gasteiger partial charge in [0.15, 0.2) is 29.6 Å². The Hall–Kier alpha value is -3.62. The third kappa shape index (κ3) is 3.22. The molecule has 28 heavy (non-hydrogen) atoms. The molecule has 0 spiro atoms. The summed E-state index contributed by atoms with van der Waals surface area (Å²) in [6.07, 6.45) is 0. The Labute approximate surface area is 160 Å². The lowest BCUT2D eigenvalue weighted by atomic mass is 10.1. The lowest BCUT2D eigenvalue weighted by Crippen LogP contribution is -1.98. The predicted molar refractivity (Wildman–Crippen MR) is 96.3 cm³/mol. The second-order valence-corrected chi connectivity index (χ2v) is 5.70. The Kier molecular flexibility index (Phi) is 4.79. The summed E-state index contributed by atoms with van der Waals surface area (Å²) in [5.74, 6) is 4.03. The van der Waals surface area contributed by atoms with Gasteiger partial charge >= 0.3 is 0 Å². The Morgan fingerprint density at radius 2 is 1.75 bits per heavy atom. The Balaban J connectivity index is 1.53. The van der Waals surface area contributed by atoms with Crippen LogP contribution in [0.5, 0.6) is 34.5 Å². The predicted octanol–water partition coefficient (Wildman–Crippen LogP) is 3.07. The van der Waals surface area contributed by atoms with Gasteiger partial charge in [-0.05, 0) is 24.3 Å². The Morgan fingerprint density at radius 3 is 2.54 bits per heavy atom. The molecule has 0 saturated carbocycles. The minimum Gasteiger partial charge on any atom is -0.493 e. The molecule has 9 nitrogen and oxygen atoms in total. The molecule has 2 heterocycles. The smallest absolute Gasteiger partial charge is 0.264 e. The van der Waals surface area contributed by atoms with Crippen molar-refractivity contribution in [3.63, 3.8) is 0 Å².